The summed E-state index contributed by atoms with van der Waals surface area (Å²) in [4.78, 5) is 21.0. The third-order valence-electron chi connectivity index (χ3n) is 3.90. The maximum Gasteiger partial charge on any atom is 0.237 e. The van der Waals surface area contributed by atoms with Crippen molar-refractivity contribution in [1.82, 2.24) is 15.2 Å². The monoisotopic (exact) mass is 290 g/mol. The molecule has 1 aliphatic heterocycles. The van der Waals surface area contributed by atoms with E-state index in [4.69, 9.17) is 0 Å². The largest absolute Gasteiger partial charge is 0.354 e. The van der Waals surface area contributed by atoms with Crippen molar-refractivity contribution in [1.29, 1.82) is 0 Å². The van der Waals surface area contributed by atoms with Gasteiger partial charge in [-0.2, -0.15) is 0 Å². The molecule has 21 heavy (non-hydrogen) atoms. The first kappa shape index (κ1) is 15.8. The molecule has 5 heteroatoms. The van der Waals surface area contributed by atoms with E-state index in [-0.39, 0.29) is 11.9 Å². The van der Waals surface area contributed by atoms with Crippen LogP contribution in [0.4, 0.5) is 5.82 Å². The Kier molecular flexibility index (Phi) is 5.56. The molecule has 0 spiro atoms. The van der Waals surface area contributed by atoms with Crippen LogP contribution in [0.15, 0.2) is 24.4 Å². The highest BCUT2D eigenvalue weighted by molar-refractivity contribution is 5.81. The van der Waals surface area contributed by atoms with E-state index in [0.717, 1.165) is 38.5 Å². The minimum absolute atomic E-state index is 0.0605. The predicted molar refractivity (Wildman–Crippen MR) is 85.3 cm³/mol. The fraction of sp³-hybridized carbons (Fsp3) is 0.625. The van der Waals surface area contributed by atoms with Gasteiger partial charge in [0.05, 0.1) is 6.04 Å². The van der Waals surface area contributed by atoms with Gasteiger partial charge in [-0.15, -0.1) is 0 Å². The molecular weight excluding hydrogens is 264 g/mol. The fourth-order valence-corrected chi connectivity index (χ4v) is 2.50. The molecule has 1 aliphatic rings. The predicted octanol–water partition coefficient (Wildman–Crippen LogP) is 1.36. The molecule has 0 bridgehead atoms. The Balaban J connectivity index is 1.82. The molecule has 1 N–H and O–H groups in total. The van der Waals surface area contributed by atoms with Gasteiger partial charge in [0.1, 0.15) is 5.82 Å². The molecule has 116 valence electrons. The van der Waals surface area contributed by atoms with E-state index in [0.29, 0.717) is 5.92 Å². The minimum atomic E-state index is -0.0605. The number of amides is 1. The summed E-state index contributed by atoms with van der Waals surface area (Å²) in [6.07, 6.45) is 1.82. The number of aromatic nitrogens is 1. The van der Waals surface area contributed by atoms with E-state index in [1.54, 1.807) is 0 Å². The highest BCUT2D eigenvalue weighted by Gasteiger charge is 2.25. The van der Waals surface area contributed by atoms with Crippen LogP contribution in [-0.2, 0) is 4.79 Å². The maximum absolute atomic E-state index is 12.1. The number of piperazine rings is 1. The highest BCUT2D eigenvalue weighted by Crippen LogP contribution is 2.14. The van der Waals surface area contributed by atoms with Crippen molar-refractivity contribution in [2.45, 2.75) is 26.8 Å². The summed E-state index contributed by atoms with van der Waals surface area (Å²) in [6.45, 7) is 10.6. The number of carbonyl (C=O) groups is 1. The van der Waals surface area contributed by atoms with E-state index in [2.05, 4.69) is 33.9 Å². The van der Waals surface area contributed by atoms with Gasteiger partial charge < -0.3 is 10.2 Å². The van der Waals surface area contributed by atoms with Crippen LogP contribution in [0.1, 0.15) is 20.8 Å². The second-order valence-corrected chi connectivity index (χ2v) is 6.03. The molecule has 2 rings (SSSR count). The van der Waals surface area contributed by atoms with E-state index in [1.165, 1.54) is 0 Å². The first-order valence-corrected chi connectivity index (χ1v) is 7.75. The Hall–Kier alpha value is -1.62. The SMILES string of the molecule is CC(C)CNC(=O)[C@@H](C)N1CCN(c2ccccn2)CC1. The van der Waals surface area contributed by atoms with E-state index < -0.39 is 0 Å². The summed E-state index contributed by atoms with van der Waals surface area (Å²) in [5.74, 6) is 1.64. The average molecular weight is 290 g/mol. The van der Waals surface area contributed by atoms with Crippen molar-refractivity contribution >= 4 is 11.7 Å². The third kappa shape index (κ3) is 4.43. The van der Waals surface area contributed by atoms with Gasteiger partial charge in [-0.05, 0) is 25.0 Å². The van der Waals surface area contributed by atoms with Crippen LogP contribution in [-0.4, -0.2) is 54.6 Å². The number of pyridine rings is 1. The highest BCUT2D eigenvalue weighted by atomic mass is 16.2. The van der Waals surface area contributed by atoms with Crippen molar-refractivity contribution in [2.75, 3.05) is 37.6 Å². The van der Waals surface area contributed by atoms with Crippen molar-refractivity contribution < 1.29 is 4.79 Å². The second kappa shape index (κ2) is 7.41. The normalized spacial score (nSPS) is 17.8. The number of nitrogens with one attached hydrogen (secondary N) is 1. The smallest absolute Gasteiger partial charge is 0.237 e. The van der Waals surface area contributed by atoms with Crippen molar-refractivity contribution in [2.24, 2.45) is 5.92 Å². The number of nitrogens with zero attached hydrogens (tertiary/aromatic N) is 3. The number of hydrogen-bond acceptors (Lipinski definition) is 4. The van der Waals surface area contributed by atoms with Crippen molar-refractivity contribution in [3.05, 3.63) is 24.4 Å². The number of anilines is 1. The van der Waals surface area contributed by atoms with Crippen LogP contribution >= 0.6 is 0 Å². The Bertz CT molecular complexity index is 441. The van der Waals surface area contributed by atoms with Crippen LogP contribution in [0, 0.1) is 5.92 Å². The molecule has 1 fully saturated rings. The first-order valence-electron chi connectivity index (χ1n) is 7.75. The molecule has 0 unspecified atom stereocenters. The summed E-state index contributed by atoms with van der Waals surface area (Å²) < 4.78 is 0. The van der Waals surface area contributed by atoms with Gasteiger partial charge in [-0.3, -0.25) is 9.69 Å². The standard InChI is InChI=1S/C16H26N4O/c1-13(2)12-18-16(21)14(3)19-8-10-20(11-9-19)15-6-4-5-7-17-15/h4-7,13-14H,8-12H2,1-3H3,(H,18,21)/t14-/m1/s1. The van der Waals surface area contributed by atoms with Gasteiger partial charge >= 0.3 is 0 Å². The van der Waals surface area contributed by atoms with Gasteiger partial charge in [-0.1, -0.05) is 19.9 Å². The molecule has 2 heterocycles. The lowest BCUT2D eigenvalue weighted by atomic mass is 10.2. The van der Waals surface area contributed by atoms with Gasteiger partial charge in [0.15, 0.2) is 0 Å². The molecule has 1 amide bonds. The minimum Gasteiger partial charge on any atom is -0.354 e. The Labute approximate surface area is 127 Å². The Morgan fingerprint density at radius 3 is 2.52 bits per heavy atom. The average Bonchev–Trinajstić information content (AvgIpc) is 2.53. The summed E-state index contributed by atoms with van der Waals surface area (Å²) in [5.41, 5.74) is 0. The van der Waals surface area contributed by atoms with E-state index in [1.807, 2.05) is 31.3 Å². The molecule has 0 aromatic carbocycles. The number of carbonyl (C=O) groups excluding carboxylic acids is 1. The molecule has 0 radical (unpaired) electrons. The number of rotatable bonds is 5. The zero-order chi connectivity index (χ0) is 15.2. The van der Waals surface area contributed by atoms with Crippen LogP contribution < -0.4 is 10.2 Å². The van der Waals surface area contributed by atoms with Crippen LogP contribution in [0.3, 0.4) is 0 Å². The molecule has 5 nitrogen and oxygen atoms in total. The van der Waals surface area contributed by atoms with Gasteiger partial charge in [0.25, 0.3) is 0 Å². The molecule has 0 aliphatic carbocycles. The van der Waals surface area contributed by atoms with E-state index >= 15 is 0 Å². The third-order valence-corrected chi connectivity index (χ3v) is 3.90. The summed E-state index contributed by atoms with van der Waals surface area (Å²) in [5, 5.41) is 3.02. The molecular formula is C16H26N4O. The molecule has 1 atom stereocenters. The Morgan fingerprint density at radius 2 is 1.95 bits per heavy atom. The van der Waals surface area contributed by atoms with Crippen LogP contribution in [0.2, 0.25) is 0 Å². The maximum atomic E-state index is 12.1. The van der Waals surface area contributed by atoms with Gasteiger partial charge in [-0.25, -0.2) is 4.98 Å². The van der Waals surface area contributed by atoms with Crippen molar-refractivity contribution in [3.8, 4) is 0 Å². The van der Waals surface area contributed by atoms with Crippen molar-refractivity contribution in [3.63, 3.8) is 0 Å². The van der Waals surface area contributed by atoms with E-state index in [9.17, 15) is 4.79 Å². The summed E-state index contributed by atoms with van der Waals surface area (Å²) in [7, 11) is 0. The second-order valence-electron chi connectivity index (χ2n) is 6.03. The first-order chi connectivity index (χ1) is 10.1. The summed E-state index contributed by atoms with van der Waals surface area (Å²) >= 11 is 0. The van der Waals surface area contributed by atoms with Crippen LogP contribution in [0.5, 0.6) is 0 Å². The number of hydrogen-bond donors (Lipinski definition) is 1. The topological polar surface area (TPSA) is 48.5 Å². The lowest BCUT2D eigenvalue weighted by Gasteiger charge is -2.38. The van der Waals surface area contributed by atoms with Gasteiger partial charge in [0.2, 0.25) is 5.91 Å². The van der Waals surface area contributed by atoms with Gasteiger partial charge in [0, 0.05) is 38.9 Å². The fourth-order valence-electron chi connectivity index (χ4n) is 2.50. The molecule has 0 saturated carbocycles. The lowest BCUT2D eigenvalue weighted by molar-refractivity contribution is -0.126. The quantitative estimate of drug-likeness (QED) is 0.889. The molecule has 1 aromatic rings. The lowest BCUT2D eigenvalue weighted by Crippen LogP contribution is -2.54. The molecule has 1 saturated heterocycles. The van der Waals surface area contributed by atoms with Crippen LogP contribution in [0.25, 0.3) is 0 Å². The Morgan fingerprint density at radius 1 is 1.24 bits per heavy atom. The zero-order valence-electron chi connectivity index (χ0n) is 13.2. The zero-order valence-corrected chi connectivity index (χ0v) is 13.2. The molecule has 1 aromatic heterocycles. The summed E-state index contributed by atoms with van der Waals surface area (Å²) in [6, 6.07) is 5.92.